The van der Waals surface area contributed by atoms with Crippen molar-refractivity contribution in [2.24, 2.45) is 0 Å². The Labute approximate surface area is 330 Å². The summed E-state index contributed by atoms with van der Waals surface area (Å²) in [5, 5.41) is 7.12. The predicted octanol–water partition coefficient (Wildman–Crippen LogP) is 13.9. The number of fused-ring (bicyclic) bond motifs is 9. The fourth-order valence-electron chi connectivity index (χ4n) is 8.37. The molecule has 0 spiro atoms. The minimum absolute atomic E-state index is 0.572. The maximum Gasteiger partial charge on any atom is 0.167 e. The first-order chi connectivity index (χ1) is 28.2. The van der Waals surface area contributed by atoms with Crippen LogP contribution >= 0.6 is 11.3 Å². The molecular weight excluding hydrogens is 717 g/mol. The average Bonchev–Trinajstić information content (AvgIpc) is 3.95. The maximum absolute atomic E-state index is 6.64. The summed E-state index contributed by atoms with van der Waals surface area (Å²) >= 11 is 1.84. The Morgan fingerprint density at radius 1 is 0.386 bits per heavy atom. The van der Waals surface area contributed by atoms with Gasteiger partial charge in [0.05, 0.1) is 16.6 Å². The fourth-order valence-corrected chi connectivity index (χ4v) is 9.43. The lowest BCUT2D eigenvalue weighted by Gasteiger charge is -2.08. The zero-order valence-electron chi connectivity index (χ0n) is 30.4. The summed E-state index contributed by atoms with van der Waals surface area (Å²) in [6.45, 7) is 0. The van der Waals surface area contributed by atoms with Crippen LogP contribution in [-0.2, 0) is 0 Å². The highest BCUT2D eigenvalue weighted by Crippen LogP contribution is 2.41. The van der Waals surface area contributed by atoms with Gasteiger partial charge in [0.1, 0.15) is 11.2 Å². The Kier molecular flexibility index (Phi) is 7.03. The van der Waals surface area contributed by atoms with Crippen molar-refractivity contribution in [3.05, 3.63) is 182 Å². The number of thiophene rings is 1. The van der Waals surface area contributed by atoms with E-state index in [0.29, 0.717) is 17.5 Å². The van der Waals surface area contributed by atoms with Crippen molar-refractivity contribution in [2.75, 3.05) is 0 Å². The molecule has 0 aliphatic heterocycles. The Morgan fingerprint density at radius 3 is 1.61 bits per heavy atom. The van der Waals surface area contributed by atoms with Crippen LogP contribution in [0.4, 0.5) is 0 Å². The number of benzene rings is 8. The Balaban J connectivity index is 0.983. The summed E-state index contributed by atoms with van der Waals surface area (Å²) in [5.41, 5.74) is 10.1. The van der Waals surface area contributed by atoms with Crippen molar-refractivity contribution < 1.29 is 4.42 Å². The summed E-state index contributed by atoms with van der Waals surface area (Å²) in [5.74, 6) is 1.81. The van der Waals surface area contributed by atoms with Crippen molar-refractivity contribution in [3.8, 4) is 51.0 Å². The highest BCUT2D eigenvalue weighted by Gasteiger charge is 2.19. The van der Waals surface area contributed by atoms with Crippen LogP contribution in [0.15, 0.2) is 186 Å². The highest BCUT2D eigenvalue weighted by molar-refractivity contribution is 7.25. The summed E-state index contributed by atoms with van der Waals surface area (Å²) in [7, 11) is 0. The minimum atomic E-state index is 0.572. The predicted molar refractivity (Wildman–Crippen MR) is 236 cm³/mol. The van der Waals surface area contributed by atoms with E-state index in [1.807, 2.05) is 78.1 Å². The lowest BCUT2D eigenvalue weighted by molar-refractivity contribution is 0.669. The van der Waals surface area contributed by atoms with Crippen LogP contribution in [0.2, 0.25) is 0 Å². The molecule has 0 radical (unpaired) electrons. The van der Waals surface area contributed by atoms with Gasteiger partial charge in [-0.1, -0.05) is 121 Å². The molecule has 0 N–H and O–H groups in total. The van der Waals surface area contributed by atoms with Gasteiger partial charge in [0.25, 0.3) is 0 Å². The van der Waals surface area contributed by atoms with Gasteiger partial charge in [-0.15, -0.1) is 11.3 Å². The van der Waals surface area contributed by atoms with E-state index < -0.39 is 0 Å². The van der Waals surface area contributed by atoms with Crippen LogP contribution in [0.1, 0.15) is 0 Å². The number of hydrogen-bond acceptors (Lipinski definition) is 5. The quantitative estimate of drug-likeness (QED) is 0.176. The molecule has 0 atom stereocenters. The van der Waals surface area contributed by atoms with Gasteiger partial charge in [-0.25, -0.2) is 15.0 Å². The first-order valence-electron chi connectivity index (χ1n) is 19.0. The van der Waals surface area contributed by atoms with E-state index >= 15 is 0 Å². The Hall–Kier alpha value is -7.41. The molecule has 8 aromatic carbocycles. The standard InChI is InChI=1S/C51H30N4OS/c1-3-12-31(13-4-1)49-52-50(32-14-5-2-6-15-32)54-51(53-49)39-19-11-18-38-40-28-33(22-25-45(40)56-48(38)39)34-23-26-46-41(29-34)42-30-35(24-27-47(42)57-46)55-43-20-9-7-16-36(43)37-17-8-10-21-44(37)55/h1-30H. The molecule has 0 aliphatic carbocycles. The topological polar surface area (TPSA) is 56.7 Å². The molecule has 0 aliphatic rings. The molecule has 0 bridgehead atoms. The molecule has 0 saturated heterocycles. The van der Waals surface area contributed by atoms with Crippen molar-refractivity contribution in [2.45, 2.75) is 0 Å². The summed E-state index contributed by atoms with van der Waals surface area (Å²) in [6, 6.07) is 63.9. The van der Waals surface area contributed by atoms with Crippen molar-refractivity contribution in [3.63, 3.8) is 0 Å². The molecule has 57 heavy (non-hydrogen) atoms. The van der Waals surface area contributed by atoms with E-state index in [-0.39, 0.29) is 0 Å². The van der Waals surface area contributed by atoms with Gasteiger partial charge >= 0.3 is 0 Å². The summed E-state index contributed by atoms with van der Waals surface area (Å²) in [6.07, 6.45) is 0. The SMILES string of the molecule is c1ccc(-c2nc(-c3ccccc3)nc(-c3cccc4c3oc3ccc(-c5ccc6sc7ccc(-n8c9ccccc9c9ccccc98)cc7c6c5)cc34)n2)cc1. The highest BCUT2D eigenvalue weighted by atomic mass is 32.1. The van der Waals surface area contributed by atoms with Crippen molar-refractivity contribution in [1.29, 1.82) is 0 Å². The number of furan rings is 1. The molecule has 0 fully saturated rings. The molecule has 266 valence electrons. The van der Waals surface area contributed by atoms with E-state index in [0.717, 1.165) is 55.4 Å². The minimum Gasteiger partial charge on any atom is -0.455 e. The monoisotopic (exact) mass is 746 g/mol. The number of aromatic nitrogens is 4. The smallest absolute Gasteiger partial charge is 0.167 e. The van der Waals surface area contributed by atoms with E-state index in [9.17, 15) is 0 Å². The third-order valence-electron chi connectivity index (χ3n) is 11.1. The Morgan fingerprint density at radius 2 is 0.930 bits per heavy atom. The number of hydrogen-bond donors (Lipinski definition) is 0. The maximum atomic E-state index is 6.64. The van der Waals surface area contributed by atoms with Gasteiger partial charge in [0.2, 0.25) is 0 Å². The van der Waals surface area contributed by atoms with E-state index in [4.69, 9.17) is 19.4 Å². The third-order valence-corrected chi connectivity index (χ3v) is 12.2. The van der Waals surface area contributed by atoms with Crippen LogP contribution < -0.4 is 0 Å². The number of nitrogens with zero attached hydrogens (tertiary/aromatic N) is 4. The van der Waals surface area contributed by atoms with Crippen LogP contribution in [0.3, 0.4) is 0 Å². The number of para-hydroxylation sites is 3. The fraction of sp³-hybridized carbons (Fsp3) is 0. The lowest BCUT2D eigenvalue weighted by Crippen LogP contribution is -2.00. The summed E-state index contributed by atoms with van der Waals surface area (Å²) in [4.78, 5) is 14.9. The second kappa shape index (κ2) is 12.6. The van der Waals surface area contributed by atoms with Gasteiger partial charge in [-0.2, -0.15) is 0 Å². The zero-order valence-corrected chi connectivity index (χ0v) is 31.2. The van der Waals surface area contributed by atoms with Gasteiger partial charge in [-0.3, -0.25) is 0 Å². The molecule has 12 aromatic rings. The molecule has 4 heterocycles. The normalized spacial score (nSPS) is 11.9. The molecule has 12 rings (SSSR count). The van der Waals surface area contributed by atoms with Gasteiger partial charge in [0, 0.05) is 58.5 Å². The number of rotatable bonds is 5. The molecular formula is C51H30N4OS. The van der Waals surface area contributed by atoms with Crippen molar-refractivity contribution >= 4 is 75.3 Å². The first-order valence-corrected chi connectivity index (χ1v) is 19.8. The molecule has 0 saturated carbocycles. The first kappa shape index (κ1) is 31.9. The largest absolute Gasteiger partial charge is 0.455 e. The zero-order chi connectivity index (χ0) is 37.5. The molecule has 5 nitrogen and oxygen atoms in total. The second-order valence-electron chi connectivity index (χ2n) is 14.4. The molecule has 6 heteroatoms. The van der Waals surface area contributed by atoms with Gasteiger partial charge < -0.3 is 8.98 Å². The average molecular weight is 747 g/mol. The van der Waals surface area contributed by atoms with Gasteiger partial charge in [0.15, 0.2) is 17.5 Å². The summed E-state index contributed by atoms with van der Waals surface area (Å²) < 4.78 is 11.6. The third kappa shape index (κ3) is 5.12. The molecule has 0 amide bonds. The van der Waals surface area contributed by atoms with Crippen LogP contribution in [0, 0.1) is 0 Å². The second-order valence-corrected chi connectivity index (χ2v) is 15.5. The van der Waals surface area contributed by atoms with Crippen LogP contribution in [0.25, 0.3) is 115 Å². The van der Waals surface area contributed by atoms with Gasteiger partial charge in [-0.05, 0) is 71.8 Å². The van der Waals surface area contributed by atoms with E-state index in [2.05, 4.69) is 120 Å². The van der Waals surface area contributed by atoms with Crippen LogP contribution in [-0.4, -0.2) is 19.5 Å². The molecule has 0 unspecified atom stereocenters. The van der Waals surface area contributed by atoms with Crippen LogP contribution in [0.5, 0.6) is 0 Å². The van der Waals surface area contributed by atoms with E-state index in [1.165, 1.54) is 42.0 Å². The van der Waals surface area contributed by atoms with E-state index in [1.54, 1.807) is 0 Å². The Bertz CT molecular complexity index is 3420. The van der Waals surface area contributed by atoms with Crippen molar-refractivity contribution in [1.82, 2.24) is 19.5 Å². The molecule has 4 aromatic heterocycles. The lowest BCUT2D eigenvalue weighted by atomic mass is 10.00.